The van der Waals surface area contributed by atoms with E-state index in [1.165, 1.54) is 19.3 Å². The molecule has 2 saturated carbocycles. The summed E-state index contributed by atoms with van der Waals surface area (Å²) in [5.74, 6) is 2.95. The summed E-state index contributed by atoms with van der Waals surface area (Å²) in [4.78, 5) is 12.6. The van der Waals surface area contributed by atoms with Gasteiger partial charge in [0.1, 0.15) is 5.78 Å². The van der Waals surface area contributed by atoms with Gasteiger partial charge in [-0.3, -0.25) is 4.79 Å². The predicted molar refractivity (Wildman–Crippen MR) is 80.6 cm³/mol. The van der Waals surface area contributed by atoms with Crippen LogP contribution in [0.1, 0.15) is 56.6 Å². The Morgan fingerprint density at radius 2 is 2.00 bits per heavy atom. The third-order valence-corrected chi connectivity index (χ3v) is 6.65. The molecule has 0 spiro atoms. The highest BCUT2D eigenvalue weighted by Gasteiger charge is 2.56. The number of hydrogen-bond acceptors (Lipinski definition) is 1. The zero-order chi connectivity index (χ0) is 13.9. The smallest absolute Gasteiger partial charge is 0.141 e. The molecule has 0 saturated heterocycles. The van der Waals surface area contributed by atoms with Crippen LogP contribution in [0.15, 0.2) is 24.3 Å². The summed E-state index contributed by atoms with van der Waals surface area (Å²) >= 11 is 0. The normalized spacial score (nSPS) is 42.8. The Kier molecular flexibility index (Phi) is 2.64. The number of ketones is 1. The topological polar surface area (TPSA) is 17.1 Å². The SMILES string of the molecule is C[C@@H]1C[C@H]2[C@@H]3CCc4ccccc4[C@H]3CC[C@]2(C)C1=O. The van der Waals surface area contributed by atoms with Crippen molar-refractivity contribution in [3.63, 3.8) is 0 Å². The van der Waals surface area contributed by atoms with Gasteiger partial charge in [0.05, 0.1) is 0 Å². The number of hydrogen-bond donors (Lipinski definition) is 0. The minimum Gasteiger partial charge on any atom is -0.299 e. The maximum Gasteiger partial charge on any atom is 0.141 e. The van der Waals surface area contributed by atoms with Crippen LogP contribution in [0.25, 0.3) is 0 Å². The van der Waals surface area contributed by atoms with Crippen LogP contribution >= 0.6 is 0 Å². The minimum absolute atomic E-state index is 0.00708. The molecule has 0 amide bonds. The van der Waals surface area contributed by atoms with E-state index < -0.39 is 0 Å². The second-order valence-electron chi connectivity index (χ2n) is 7.57. The van der Waals surface area contributed by atoms with Crippen LogP contribution in [-0.4, -0.2) is 5.78 Å². The average molecular weight is 268 g/mol. The van der Waals surface area contributed by atoms with Gasteiger partial charge in [-0.2, -0.15) is 0 Å². The lowest BCUT2D eigenvalue weighted by Crippen LogP contribution is -2.42. The van der Waals surface area contributed by atoms with E-state index in [1.807, 2.05) is 0 Å². The van der Waals surface area contributed by atoms with Crippen molar-refractivity contribution in [2.24, 2.45) is 23.2 Å². The third-order valence-electron chi connectivity index (χ3n) is 6.65. The first-order chi connectivity index (χ1) is 9.61. The van der Waals surface area contributed by atoms with Crippen LogP contribution < -0.4 is 0 Å². The molecule has 0 N–H and O–H groups in total. The second-order valence-corrected chi connectivity index (χ2v) is 7.57. The van der Waals surface area contributed by atoms with Crippen molar-refractivity contribution in [1.82, 2.24) is 0 Å². The molecular weight excluding hydrogens is 244 g/mol. The number of aryl methyl sites for hydroxylation is 1. The van der Waals surface area contributed by atoms with Crippen LogP contribution in [-0.2, 0) is 11.2 Å². The molecular formula is C19H24O. The van der Waals surface area contributed by atoms with Crippen LogP contribution in [0.3, 0.4) is 0 Å². The molecule has 3 aliphatic carbocycles. The predicted octanol–water partition coefficient (Wildman–Crippen LogP) is 4.36. The quantitative estimate of drug-likeness (QED) is 0.683. The zero-order valence-corrected chi connectivity index (χ0v) is 12.6. The fourth-order valence-electron chi connectivity index (χ4n) is 5.63. The molecule has 0 heterocycles. The lowest BCUT2D eigenvalue weighted by Gasteiger charge is -2.48. The molecule has 1 nitrogen and oxygen atoms in total. The number of fused-ring (bicyclic) bond motifs is 5. The van der Waals surface area contributed by atoms with Gasteiger partial charge >= 0.3 is 0 Å². The summed E-state index contributed by atoms with van der Waals surface area (Å²) in [7, 11) is 0. The molecule has 0 unspecified atom stereocenters. The van der Waals surface area contributed by atoms with E-state index in [-0.39, 0.29) is 5.41 Å². The highest BCUT2D eigenvalue weighted by Crippen LogP contribution is 2.60. The van der Waals surface area contributed by atoms with Gasteiger partial charge in [-0.15, -0.1) is 0 Å². The Labute approximate surface area is 121 Å². The van der Waals surface area contributed by atoms with Crippen LogP contribution in [0, 0.1) is 23.2 Å². The van der Waals surface area contributed by atoms with E-state index in [9.17, 15) is 4.79 Å². The number of carbonyl (C=O) groups is 1. The molecule has 1 aromatic carbocycles. The maximum atomic E-state index is 12.6. The van der Waals surface area contributed by atoms with E-state index in [1.54, 1.807) is 11.1 Å². The van der Waals surface area contributed by atoms with E-state index in [4.69, 9.17) is 0 Å². The summed E-state index contributed by atoms with van der Waals surface area (Å²) in [6.45, 7) is 4.41. The van der Waals surface area contributed by atoms with Gasteiger partial charge in [0.15, 0.2) is 0 Å². The Morgan fingerprint density at radius 3 is 2.85 bits per heavy atom. The van der Waals surface area contributed by atoms with Crippen LogP contribution in [0.5, 0.6) is 0 Å². The fourth-order valence-corrected chi connectivity index (χ4v) is 5.63. The van der Waals surface area contributed by atoms with E-state index in [0.29, 0.717) is 17.6 Å². The van der Waals surface area contributed by atoms with Crippen molar-refractivity contribution in [2.45, 2.75) is 51.9 Å². The molecule has 3 aliphatic rings. The summed E-state index contributed by atoms with van der Waals surface area (Å²) in [6, 6.07) is 9.02. The molecule has 0 aromatic heterocycles. The van der Waals surface area contributed by atoms with Crippen molar-refractivity contribution in [3.05, 3.63) is 35.4 Å². The number of rotatable bonds is 0. The van der Waals surface area contributed by atoms with Gasteiger partial charge in [-0.25, -0.2) is 0 Å². The van der Waals surface area contributed by atoms with E-state index in [0.717, 1.165) is 24.7 Å². The van der Waals surface area contributed by atoms with E-state index >= 15 is 0 Å². The van der Waals surface area contributed by atoms with Gasteiger partial charge in [0, 0.05) is 11.3 Å². The summed E-state index contributed by atoms with van der Waals surface area (Å²) in [6.07, 6.45) is 5.97. The van der Waals surface area contributed by atoms with Gasteiger partial charge < -0.3 is 0 Å². The lowest BCUT2D eigenvalue weighted by molar-refractivity contribution is -0.131. The molecule has 0 radical (unpaired) electrons. The van der Waals surface area contributed by atoms with Gasteiger partial charge in [0.2, 0.25) is 0 Å². The van der Waals surface area contributed by atoms with E-state index in [2.05, 4.69) is 38.1 Å². The first-order valence-electron chi connectivity index (χ1n) is 8.23. The molecule has 0 bridgehead atoms. The number of Topliss-reactive ketones (excluding diaryl/α,β-unsaturated/α-hetero) is 1. The van der Waals surface area contributed by atoms with Gasteiger partial charge in [-0.05, 0) is 61.0 Å². The molecule has 20 heavy (non-hydrogen) atoms. The Hall–Kier alpha value is -1.11. The van der Waals surface area contributed by atoms with Crippen molar-refractivity contribution in [1.29, 1.82) is 0 Å². The standard InChI is InChI=1S/C19H24O/c1-12-11-17-16-8-7-13-5-3-4-6-14(13)15(16)9-10-19(17,2)18(12)20/h3-6,12,15-17H,7-11H2,1-2H3/t12-,15-,16-,17+,19+/m1/s1. The first kappa shape index (κ1) is 12.6. The van der Waals surface area contributed by atoms with Gasteiger partial charge in [-0.1, -0.05) is 38.1 Å². The molecule has 1 aromatic rings. The Bertz CT molecular complexity index is 561. The number of benzene rings is 1. The van der Waals surface area contributed by atoms with Crippen LogP contribution in [0.2, 0.25) is 0 Å². The van der Waals surface area contributed by atoms with Crippen molar-refractivity contribution < 1.29 is 4.79 Å². The highest BCUT2D eigenvalue weighted by molar-refractivity contribution is 5.89. The van der Waals surface area contributed by atoms with Crippen molar-refractivity contribution in [3.8, 4) is 0 Å². The largest absolute Gasteiger partial charge is 0.299 e. The monoisotopic (exact) mass is 268 g/mol. The highest BCUT2D eigenvalue weighted by atomic mass is 16.1. The minimum atomic E-state index is -0.00708. The number of carbonyl (C=O) groups excluding carboxylic acids is 1. The maximum absolute atomic E-state index is 12.6. The average Bonchev–Trinajstić information content (AvgIpc) is 2.71. The third kappa shape index (κ3) is 1.52. The Balaban J connectivity index is 1.74. The molecule has 5 atom stereocenters. The first-order valence-corrected chi connectivity index (χ1v) is 8.23. The Morgan fingerprint density at radius 1 is 1.20 bits per heavy atom. The summed E-state index contributed by atoms with van der Waals surface area (Å²) in [5, 5.41) is 0. The zero-order valence-electron chi connectivity index (χ0n) is 12.6. The molecule has 106 valence electrons. The second kappa shape index (κ2) is 4.19. The summed E-state index contributed by atoms with van der Waals surface area (Å²) < 4.78 is 0. The van der Waals surface area contributed by atoms with Crippen molar-refractivity contribution >= 4 is 5.78 Å². The molecule has 4 rings (SSSR count). The fraction of sp³-hybridized carbons (Fsp3) is 0.632. The summed E-state index contributed by atoms with van der Waals surface area (Å²) in [5.41, 5.74) is 3.15. The molecule has 0 aliphatic heterocycles. The molecule has 1 heteroatoms. The van der Waals surface area contributed by atoms with Crippen molar-refractivity contribution in [2.75, 3.05) is 0 Å². The lowest BCUT2D eigenvalue weighted by atomic mass is 9.55. The molecule has 2 fully saturated rings. The van der Waals surface area contributed by atoms with Crippen LogP contribution in [0.4, 0.5) is 0 Å². The van der Waals surface area contributed by atoms with Gasteiger partial charge in [0.25, 0.3) is 0 Å².